The lowest BCUT2D eigenvalue weighted by Gasteiger charge is -2.19. The van der Waals surface area contributed by atoms with Crippen LogP contribution in [0.5, 0.6) is 0 Å². The van der Waals surface area contributed by atoms with Gasteiger partial charge in [0.05, 0.1) is 5.54 Å². The third-order valence-corrected chi connectivity index (χ3v) is 4.41. The number of rotatable bonds is 8. The molecule has 4 heteroatoms. The zero-order chi connectivity index (χ0) is 14.3. The molecule has 0 radical (unpaired) electrons. The summed E-state index contributed by atoms with van der Waals surface area (Å²) < 4.78 is 0. The van der Waals surface area contributed by atoms with E-state index in [2.05, 4.69) is 31.2 Å². The molecule has 0 bridgehead atoms. The van der Waals surface area contributed by atoms with Gasteiger partial charge in [0.2, 0.25) is 5.91 Å². The summed E-state index contributed by atoms with van der Waals surface area (Å²) >= 11 is 1.92. The van der Waals surface area contributed by atoms with Gasteiger partial charge in [-0.05, 0) is 43.6 Å². The highest BCUT2D eigenvalue weighted by atomic mass is 32.2. The van der Waals surface area contributed by atoms with Crippen LogP contribution in [-0.4, -0.2) is 17.2 Å². The topological polar surface area (TPSA) is 69.1 Å². The smallest absolute Gasteiger partial charge is 0.237 e. The predicted octanol–water partition coefficient (Wildman–Crippen LogP) is 2.60. The Hall–Kier alpha value is -1.00. The highest BCUT2D eigenvalue weighted by molar-refractivity contribution is 7.98. The Morgan fingerprint density at radius 2 is 2.00 bits per heavy atom. The molecule has 3 nitrogen and oxygen atoms in total. The van der Waals surface area contributed by atoms with E-state index in [1.165, 1.54) is 11.1 Å². The average Bonchev–Trinajstić information content (AvgIpc) is 2.35. The van der Waals surface area contributed by atoms with Gasteiger partial charge in [-0.25, -0.2) is 0 Å². The van der Waals surface area contributed by atoms with Gasteiger partial charge >= 0.3 is 0 Å². The first-order chi connectivity index (χ1) is 8.93. The summed E-state index contributed by atoms with van der Waals surface area (Å²) in [6.45, 7) is 3.85. The van der Waals surface area contributed by atoms with Crippen LogP contribution in [0.1, 0.15) is 37.3 Å². The second kappa shape index (κ2) is 7.56. The molecule has 1 unspecified atom stereocenters. The molecule has 1 aromatic carbocycles. The van der Waals surface area contributed by atoms with Crippen LogP contribution in [0.25, 0.3) is 0 Å². The fourth-order valence-corrected chi connectivity index (χ4v) is 2.87. The molecule has 0 aromatic heterocycles. The molecule has 0 saturated heterocycles. The van der Waals surface area contributed by atoms with Crippen molar-refractivity contribution in [2.75, 3.05) is 5.75 Å². The quantitative estimate of drug-likeness (QED) is 0.719. The molecular weight excluding hydrogens is 256 g/mol. The van der Waals surface area contributed by atoms with Crippen LogP contribution >= 0.6 is 11.8 Å². The second-order valence-electron chi connectivity index (χ2n) is 5.22. The molecule has 0 spiro atoms. The van der Waals surface area contributed by atoms with E-state index in [1.807, 2.05) is 11.8 Å². The molecule has 1 aromatic rings. The molecule has 0 aliphatic heterocycles. The summed E-state index contributed by atoms with van der Waals surface area (Å²) in [4.78, 5) is 11.1. The number of nitrogens with two attached hydrogens (primary N) is 2. The van der Waals surface area contributed by atoms with Crippen molar-refractivity contribution in [3.63, 3.8) is 0 Å². The monoisotopic (exact) mass is 280 g/mol. The number of carbonyl (C=O) groups is 1. The molecular formula is C15H24N2OS. The lowest BCUT2D eigenvalue weighted by Crippen LogP contribution is -2.49. The Morgan fingerprint density at radius 1 is 1.32 bits per heavy atom. The van der Waals surface area contributed by atoms with Gasteiger partial charge < -0.3 is 11.5 Å². The van der Waals surface area contributed by atoms with Crippen molar-refractivity contribution in [1.82, 2.24) is 0 Å². The molecule has 0 fully saturated rings. The first-order valence-electron chi connectivity index (χ1n) is 6.64. The van der Waals surface area contributed by atoms with Crippen molar-refractivity contribution in [1.29, 1.82) is 0 Å². The molecule has 0 heterocycles. The fourth-order valence-electron chi connectivity index (χ4n) is 1.77. The third-order valence-electron chi connectivity index (χ3n) is 3.32. The largest absolute Gasteiger partial charge is 0.368 e. The van der Waals surface area contributed by atoms with Crippen LogP contribution in [0, 0.1) is 6.92 Å². The lowest BCUT2D eigenvalue weighted by atomic mass is 9.96. The zero-order valence-corrected chi connectivity index (χ0v) is 12.6. The normalized spacial score (nSPS) is 14.1. The highest BCUT2D eigenvalue weighted by Gasteiger charge is 2.24. The SMILES string of the molecule is Cc1ccccc1CSCCCCC(C)(N)C(N)=O. The summed E-state index contributed by atoms with van der Waals surface area (Å²) in [5.41, 5.74) is 12.9. The van der Waals surface area contributed by atoms with E-state index < -0.39 is 11.4 Å². The number of primary amides is 1. The highest BCUT2D eigenvalue weighted by Crippen LogP contribution is 2.18. The Morgan fingerprint density at radius 3 is 2.63 bits per heavy atom. The number of thioether (sulfide) groups is 1. The van der Waals surface area contributed by atoms with Gasteiger partial charge in [0, 0.05) is 5.75 Å². The molecule has 0 saturated carbocycles. The predicted molar refractivity (Wildman–Crippen MR) is 83.0 cm³/mol. The summed E-state index contributed by atoms with van der Waals surface area (Å²) in [6.07, 6.45) is 2.67. The zero-order valence-electron chi connectivity index (χ0n) is 11.8. The minimum Gasteiger partial charge on any atom is -0.368 e. The first-order valence-corrected chi connectivity index (χ1v) is 7.80. The Bertz CT molecular complexity index is 418. The summed E-state index contributed by atoms with van der Waals surface area (Å²) in [5.74, 6) is 1.71. The van der Waals surface area contributed by atoms with Crippen LogP contribution in [0.2, 0.25) is 0 Å². The minimum atomic E-state index is -0.860. The molecule has 0 aliphatic carbocycles. The van der Waals surface area contributed by atoms with Crippen LogP contribution in [0.15, 0.2) is 24.3 Å². The van der Waals surface area contributed by atoms with Crippen LogP contribution in [-0.2, 0) is 10.5 Å². The first kappa shape index (κ1) is 16.1. The van der Waals surface area contributed by atoms with Gasteiger partial charge in [-0.2, -0.15) is 11.8 Å². The van der Waals surface area contributed by atoms with E-state index in [0.29, 0.717) is 6.42 Å². The van der Waals surface area contributed by atoms with Gasteiger partial charge in [0.1, 0.15) is 0 Å². The maximum atomic E-state index is 11.1. The number of benzene rings is 1. The third kappa shape index (κ3) is 5.66. The summed E-state index contributed by atoms with van der Waals surface area (Å²) in [7, 11) is 0. The van der Waals surface area contributed by atoms with E-state index in [-0.39, 0.29) is 0 Å². The number of aryl methyl sites for hydroxylation is 1. The van der Waals surface area contributed by atoms with E-state index in [4.69, 9.17) is 11.5 Å². The number of hydrogen-bond acceptors (Lipinski definition) is 3. The van der Waals surface area contributed by atoms with E-state index in [9.17, 15) is 4.79 Å². The molecule has 0 aliphatic rings. The average molecular weight is 280 g/mol. The van der Waals surface area contributed by atoms with Crippen molar-refractivity contribution in [2.45, 2.75) is 44.4 Å². The maximum absolute atomic E-state index is 11.1. The van der Waals surface area contributed by atoms with Gasteiger partial charge in [0.25, 0.3) is 0 Å². The van der Waals surface area contributed by atoms with Crippen molar-refractivity contribution < 1.29 is 4.79 Å². The van der Waals surface area contributed by atoms with Gasteiger partial charge in [-0.15, -0.1) is 0 Å². The summed E-state index contributed by atoms with van der Waals surface area (Å²) in [5, 5.41) is 0. The van der Waals surface area contributed by atoms with E-state index in [1.54, 1.807) is 6.92 Å². The van der Waals surface area contributed by atoms with Crippen molar-refractivity contribution in [2.24, 2.45) is 11.5 Å². The number of carbonyl (C=O) groups excluding carboxylic acids is 1. The molecule has 4 N–H and O–H groups in total. The summed E-state index contributed by atoms with van der Waals surface area (Å²) in [6, 6.07) is 8.46. The van der Waals surface area contributed by atoms with Gasteiger partial charge in [-0.3, -0.25) is 4.79 Å². The van der Waals surface area contributed by atoms with Crippen molar-refractivity contribution in [3.8, 4) is 0 Å². The molecule has 1 rings (SSSR count). The molecule has 19 heavy (non-hydrogen) atoms. The number of unbranched alkanes of at least 4 members (excludes halogenated alkanes) is 1. The van der Waals surface area contributed by atoms with E-state index in [0.717, 1.165) is 24.3 Å². The van der Waals surface area contributed by atoms with Crippen LogP contribution in [0.4, 0.5) is 0 Å². The van der Waals surface area contributed by atoms with Crippen molar-refractivity contribution in [3.05, 3.63) is 35.4 Å². The lowest BCUT2D eigenvalue weighted by molar-refractivity contribution is -0.122. The van der Waals surface area contributed by atoms with E-state index >= 15 is 0 Å². The molecule has 106 valence electrons. The number of hydrogen-bond donors (Lipinski definition) is 2. The molecule has 1 atom stereocenters. The Labute approximate surface area is 120 Å². The second-order valence-corrected chi connectivity index (χ2v) is 6.32. The maximum Gasteiger partial charge on any atom is 0.237 e. The van der Waals surface area contributed by atoms with Gasteiger partial charge in [-0.1, -0.05) is 30.7 Å². The number of amides is 1. The van der Waals surface area contributed by atoms with Gasteiger partial charge in [0.15, 0.2) is 0 Å². The van der Waals surface area contributed by atoms with Crippen LogP contribution < -0.4 is 11.5 Å². The molecule has 1 amide bonds. The van der Waals surface area contributed by atoms with Crippen LogP contribution in [0.3, 0.4) is 0 Å². The fraction of sp³-hybridized carbons (Fsp3) is 0.533. The Kier molecular flexibility index (Phi) is 6.38. The van der Waals surface area contributed by atoms with Crippen molar-refractivity contribution >= 4 is 17.7 Å². The Balaban J connectivity index is 2.16. The standard InChI is InChI=1S/C15H24N2OS/c1-12-7-3-4-8-13(12)11-19-10-6-5-9-15(2,17)14(16)18/h3-4,7-8H,5-6,9-11,17H2,1-2H3,(H2,16,18). The minimum absolute atomic E-state index is 0.417.